The van der Waals surface area contributed by atoms with Crippen molar-refractivity contribution in [2.24, 2.45) is 0 Å². The van der Waals surface area contributed by atoms with Gasteiger partial charge in [-0.25, -0.2) is 0 Å². The van der Waals surface area contributed by atoms with Crippen LogP contribution < -0.4 is 20.1 Å². The molecule has 0 fully saturated rings. The number of nitriles is 1. The molecule has 108 valence electrons. The number of amides is 1. The Labute approximate surface area is 122 Å². The molecule has 2 rings (SSSR count). The molecule has 0 bridgehead atoms. The zero-order valence-electron chi connectivity index (χ0n) is 11.4. The molecule has 0 atom stereocenters. The summed E-state index contributed by atoms with van der Waals surface area (Å²) < 4.78 is 10.5. The minimum atomic E-state index is -0.438. The third kappa shape index (κ3) is 3.76. The summed E-state index contributed by atoms with van der Waals surface area (Å²) in [6, 6.07) is 7.27. The van der Waals surface area contributed by atoms with Crippen molar-refractivity contribution < 1.29 is 14.3 Å². The molecule has 1 aliphatic rings. The van der Waals surface area contributed by atoms with Gasteiger partial charge in [0.05, 0.1) is 0 Å². The Kier molecular flexibility index (Phi) is 4.83. The SMILES string of the molecule is C=CCN/C=C(/C#N)C(=O)NCc1ccc2c(c1)OCO2. The minimum Gasteiger partial charge on any atom is -0.454 e. The van der Waals surface area contributed by atoms with E-state index in [1.54, 1.807) is 18.2 Å². The highest BCUT2D eigenvalue weighted by atomic mass is 16.7. The van der Waals surface area contributed by atoms with E-state index in [9.17, 15) is 4.79 Å². The van der Waals surface area contributed by atoms with Crippen LogP contribution >= 0.6 is 0 Å². The molecule has 21 heavy (non-hydrogen) atoms. The Hall–Kier alpha value is -2.94. The average Bonchev–Trinajstić information content (AvgIpc) is 2.97. The summed E-state index contributed by atoms with van der Waals surface area (Å²) >= 11 is 0. The quantitative estimate of drug-likeness (QED) is 0.355. The van der Waals surface area contributed by atoms with Crippen LogP contribution in [0.4, 0.5) is 0 Å². The van der Waals surface area contributed by atoms with E-state index in [0.717, 1.165) is 5.56 Å². The van der Waals surface area contributed by atoms with Crippen LogP contribution in [0.3, 0.4) is 0 Å². The number of nitrogens with zero attached hydrogens (tertiary/aromatic N) is 1. The molecule has 0 unspecified atom stereocenters. The highest BCUT2D eigenvalue weighted by Crippen LogP contribution is 2.32. The molecule has 6 heteroatoms. The Morgan fingerprint density at radius 3 is 3.00 bits per heavy atom. The maximum absolute atomic E-state index is 11.9. The monoisotopic (exact) mass is 285 g/mol. The van der Waals surface area contributed by atoms with Gasteiger partial charge in [-0.05, 0) is 17.7 Å². The van der Waals surface area contributed by atoms with Crippen molar-refractivity contribution in [3.63, 3.8) is 0 Å². The van der Waals surface area contributed by atoms with Crippen LogP contribution in [-0.2, 0) is 11.3 Å². The van der Waals surface area contributed by atoms with Crippen LogP contribution in [0.15, 0.2) is 42.6 Å². The van der Waals surface area contributed by atoms with E-state index in [4.69, 9.17) is 14.7 Å². The lowest BCUT2D eigenvalue weighted by atomic mass is 10.2. The Bertz CT molecular complexity index is 617. The third-order valence-electron chi connectivity index (χ3n) is 2.76. The van der Waals surface area contributed by atoms with Gasteiger partial charge in [-0.1, -0.05) is 12.1 Å². The van der Waals surface area contributed by atoms with Gasteiger partial charge in [-0.15, -0.1) is 6.58 Å². The van der Waals surface area contributed by atoms with E-state index in [1.807, 2.05) is 12.1 Å². The Morgan fingerprint density at radius 1 is 1.43 bits per heavy atom. The number of nitrogens with one attached hydrogen (secondary N) is 2. The summed E-state index contributed by atoms with van der Waals surface area (Å²) in [6.07, 6.45) is 3.01. The van der Waals surface area contributed by atoms with Crippen LogP contribution in [0.5, 0.6) is 11.5 Å². The lowest BCUT2D eigenvalue weighted by Crippen LogP contribution is -2.25. The number of hydrogen-bond acceptors (Lipinski definition) is 5. The first-order valence-corrected chi connectivity index (χ1v) is 6.36. The van der Waals surface area contributed by atoms with Crippen molar-refractivity contribution >= 4 is 5.91 Å². The largest absolute Gasteiger partial charge is 0.454 e. The van der Waals surface area contributed by atoms with Gasteiger partial charge in [0.1, 0.15) is 11.6 Å². The van der Waals surface area contributed by atoms with Gasteiger partial charge in [0, 0.05) is 19.3 Å². The van der Waals surface area contributed by atoms with Crippen molar-refractivity contribution in [3.8, 4) is 17.6 Å². The molecule has 1 heterocycles. The number of rotatable bonds is 6. The molecule has 0 radical (unpaired) electrons. The van der Waals surface area contributed by atoms with E-state index < -0.39 is 5.91 Å². The maximum Gasteiger partial charge on any atom is 0.263 e. The van der Waals surface area contributed by atoms with Gasteiger partial charge >= 0.3 is 0 Å². The second-order valence-electron chi connectivity index (χ2n) is 4.24. The molecular formula is C15H15N3O3. The molecule has 0 aromatic heterocycles. The van der Waals surface area contributed by atoms with Crippen molar-refractivity contribution in [1.29, 1.82) is 5.26 Å². The predicted octanol–water partition coefficient (Wildman–Crippen LogP) is 1.21. The molecule has 1 aromatic rings. The highest BCUT2D eigenvalue weighted by Gasteiger charge is 2.14. The van der Waals surface area contributed by atoms with Crippen LogP contribution in [-0.4, -0.2) is 19.2 Å². The predicted molar refractivity (Wildman–Crippen MR) is 76.3 cm³/mol. The summed E-state index contributed by atoms with van der Waals surface area (Å²) in [6.45, 7) is 4.53. The van der Waals surface area contributed by atoms with Crippen molar-refractivity contribution in [3.05, 3.63) is 48.2 Å². The molecule has 1 amide bonds. The summed E-state index contributed by atoms with van der Waals surface area (Å²) in [5, 5.41) is 14.4. The zero-order valence-corrected chi connectivity index (χ0v) is 11.4. The number of carbonyl (C=O) groups excluding carboxylic acids is 1. The van der Waals surface area contributed by atoms with E-state index in [1.165, 1.54) is 6.20 Å². The summed E-state index contributed by atoms with van der Waals surface area (Å²) in [5.74, 6) is 0.911. The molecule has 0 saturated carbocycles. The fourth-order valence-corrected chi connectivity index (χ4v) is 1.72. The lowest BCUT2D eigenvalue weighted by Gasteiger charge is -2.06. The summed E-state index contributed by atoms with van der Waals surface area (Å²) in [4.78, 5) is 11.9. The van der Waals surface area contributed by atoms with Crippen molar-refractivity contribution in [2.75, 3.05) is 13.3 Å². The average molecular weight is 285 g/mol. The van der Waals surface area contributed by atoms with E-state index in [2.05, 4.69) is 17.2 Å². The van der Waals surface area contributed by atoms with Crippen LogP contribution in [0.2, 0.25) is 0 Å². The number of benzene rings is 1. The van der Waals surface area contributed by atoms with E-state index in [0.29, 0.717) is 24.6 Å². The molecule has 2 N–H and O–H groups in total. The van der Waals surface area contributed by atoms with Crippen LogP contribution in [0, 0.1) is 11.3 Å². The second kappa shape index (κ2) is 7.01. The van der Waals surface area contributed by atoms with Gasteiger partial charge in [0.2, 0.25) is 6.79 Å². The standard InChI is InChI=1S/C15H15N3O3/c1-2-5-17-9-12(7-16)15(19)18-8-11-3-4-13-14(6-11)21-10-20-13/h2-4,6,9,17H,1,5,8,10H2,(H,18,19)/b12-9-. The molecule has 1 aliphatic heterocycles. The zero-order chi connectivity index (χ0) is 15.1. The van der Waals surface area contributed by atoms with E-state index >= 15 is 0 Å². The lowest BCUT2D eigenvalue weighted by molar-refractivity contribution is -0.117. The summed E-state index contributed by atoms with van der Waals surface area (Å²) in [7, 11) is 0. The fraction of sp³-hybridized carbons (Fsp3) is 0.200. The Balaban J connectivity index is 1.92. The second-order valence-corrected chi connectivity index (χ2v) is 4.24. The smallest absolute Gasteiger partial charge is 0.263 e. The van der Waals surface area contributed by atoms with Gasteiger partial charge in [0.25, 0.3) is 5.91 Å². The molecule has 0 spiro atoms. The topological polar surface area (TPSA) is 83.4 Å². The molecule has 0 aliphatic carbocycles. The fourth-order valence-electron chi connectivity index (χ4n) is 1.72. The van der Waals surface area contributed by atoms with Crippen molar-refractivity contribution in [1.82, 2.24) is 10.6 Å². The molecule has 0 saturated heterocycles. The van der Waals surface area contributed by atoms with Gasteiger partial charge in [0.15, 0.2) is 11.5 Å². The van der Waals surface area contributed by atoms with Gasteiger partial charge < -0.3 is 20.1 Å². The number of hydrogen-bond donors (Lipinski definition) is 2. The van der Waals surface area contributed by atoms with Crippen LogP contribution in [0.25, 0.3) is 0 Å². The summed E-state index contributed by atoms with van der Waals surface area (Å²) in [5.41, 5.74) is 0.876. The molecular weight excluding hydrogens is 270 g/mol. The number of ether oxygens (including phenoxy) is 2. The first kappa shape index (κ1) is 14.5. The molecule has 6 nitrogen and oxygen atoms in total. The normalized spacial score (nSPS) is 12.4. The minimum absolute atomic E-state index is 0.0117. The molecule has 1 aromatic carbocycles. The first-order valence-electron chi connectivity index (χ1n) is 6.36. The highest BCUT2D eigenvalue weighted by molar-refractivity contribution is 5.97. The van der Waals surface area contributed by atoms with Crippen LogP contribution in [0.1, 0.15) is 5.56 Å². The third-order valence-corrected chi connectivity index (χ3v) is 2.76. The first-order chi connectivity index (χ1) is 10.2. The number of fused-ring (bicyclic) bond motifs is 1. The van der Waals surface area contributed by atoms with Gasteiger partial charge in [-0.2, -0.15) is 5.26 Å². The van der Waals surface area contributed by atoms with Gasteiger partial charge in [-0.3, -0.25) is 4.79 Å². The Morgan fingerprint density at radius 2 is 2.24 bits per heavy atom. The van der Waals surface area contributed by atoms with E-state index in [-0.39, 0.29) is 12.4 Å². The van der Waals surface area contributed by atoms with Crippen molar-refractivity contribution in [2.45, 2.75) is 6.54 Å². The number of carbonyl (C=O) groups is 1. The maximum atomic E-state index is 11.9.